The largest absolute Gasteiger partial charge is 0.322 e. The lowest BCUT2D eigenvalue weighted by Crippen LogP contribution is -2.32. The van der Waals surface area contributed by atoms with E-state index in [1.54, 1.807) is 53.5 Å². The molecule has 8 nitrogen and oxygen atoms in total. The van der Waals surface area contributed by atoms with Gasteiger partial charge in [-0.15, -0.1) is 5.10 Å². The normalized spacial score (nSPS) is 15.0. The zero-order valence-electron chi connectivity index (χ0n) is 20.8. The summed E-state index contributed by atoms with van der Waals surface area (Å²) in [6.07, 6.45) is 4.21. The van der Waals surface area contributed by atoms with Crippen molar-refractivity contribution < 1.29 is 9.59 Å². The molecule has 194 valence electrons. The van der Waals surface area contributed by atoms with Crippen molar-refractivity contribution in [3.63, 3.8) is 0 Å². The van der Waals surface area contributed by atoms with Crippen LogP contribution in [-0.2, 0) is 6.54 Å². The predicted molar refractivity (Wildman–Crippen MR) is 148 cm³/mol. The number of hydrogen-bond acceptors (Lipinski definition) is 5. The molecule has 1 aliphatic rings. The highest BCUT2D eigenvalue weighted by molar-refractivity contribution is 6.34. The Labute approximate surface area is 230 Å². The van der Waals surface area contributed by atoms with Crippen LogP contribution in [0.15, 0.2) is 67.0 Å². The highest BCUT2D eigenvalue weighted by Crippen LogP contribution is 2.39. The smallest absolute Gasteiger partial charge is 0.258 e. The molecular weight excluding hydrogens is 523 g/mol. The van der Waals surface area contributed by atoms with Gasteiger partial charge in [0.05, 0.1) is 10.6 Å². The molecule has 3 aromatic carbocycles. The Morgan fingerprint density at radius 3 is 2.66 bits per heavy atom. The summed E-state index contributed by atoms with van der Waals surface area (Å²) in [6, 6.07) is 17.9. The number of aromatic nitrogens is 4. The summed E-state index contributed by atoms with van der Waals surface area (Å²) in [5.41, 5.74) is 4.25. The van der Waals surface area contributed by atoms with Crippen molar-refractivity contribution in [1.82, 2.24) is 20.2 Å². The van der Waals surface area contributed by atoms with Crippen LogP contribution < -0.4 is 10.2 Å². The summed E-state index contributed by atoms with van der Waals surface area (Å²) in [6.45, 7) is 3.14. The maximum atomic E-state index is 13.8. The Kier molecular flexibility index (Phi) is 7.72. The van der Waals surface area contributed by atoms with Gasteiger partial charge < -0.3 is 10.2 Å². The molecule has 0 saturated heterocycles. The standard InChI is InChI=1S/C28H26Cl2N6O2/c1-18-15-21(32-27(37)23-6-2-3-7-25(23)30)9-10-22(18)28(38)36-13-4-5-19(12-14-35-17-31-33-34-35)24-16-20(29)8-11-26(24)36/h2-3,6-11,15-17,19H,4-5,12-14H2,1H3,(H,32,37). The number of aryl methyl sites for hydroxylation is 2. The molecule has 1 aromatic heterocycles. The second-order valence-corrected chi connectivity index (χ2v) is 10.2. The van der Waals surface area contributed by atoms with E-state index >= 15 is 0 Å². The molecule has 0 bridgehead atoms. The van der Waals surface area contributed by atoms with Crippen LogP contribution in [-0.4, -0.2) is 38.6 Å². The molecule has 2 heterocycles. The van der Waals surface area contributed by atoms with Crippen molar-refractivity contribution in [3.8, 4) is 0 Å². The van der Waals surface area contributed by atoms with E-state index in [0.717, 1.165) is 36.1 Å². The van der Waals surface area contributed by atoms with Gasteiger partial charge in [0, 0.05) is 35.1 Å². The number of fused-ring (bicyclic) bond motifs is 1. The fraction of sp³-hybridized carbons (Fsp3) is 0.250. The first kappa shape index (κ1) is 25.9. The van der Waals surface area contributed by atoms with Crippen LogP contribution in [0.4, 0.5) is 11.4 Å². The summed E-state index contributed by atoms with van der Waals surface area (Å²) >= 11 is 12.6. The van der Waals surface area contributed by atoms with Crippen LogP contribution in [0.1, 0.15) is 57.0 Å². The lowest BCUT2D eigenvalue weighted by Gasteiger charge is -2.25. The minimum Gasteiger partial charge on any atom is -0.322 e. The predicted octanol–water partition coefficient (Wildman–Crippen LogP) is 6.16. The van der Waals surface area contributed by atoms with Gasteiger partial charge in [0.2, 0.25) is 0 Å². The Bertz CT molecular complexity index is 1470. The van der Waals surface area contributed by atoms with Gasteiger partial charge in [-0.25, -0.2) is 4.68 Å². The second kappa shape index (κ2) is 11.3. The molecule has 0 aliphatic carbocycles. The molecule has 1 atom stereocenters. The Balaban J connectivity index is 1.37. The van der Waals surface area contributed by atoms with E-state index in [-0.39, 0.29) is 17.7 Å². The van der Waals surface area contributed by atoms with Gasteiger partial charge in [-0.05, 0) is 102 Å². The first-order valence-electron chi connectivity index (χ1n) is 12.4. The zero-order valence-corrected chi connectivity index (χ0v) is 22.3. The van der Waals surface area contributed by atoms with Crippen LogP contribution in [0.3, 0.4) is 0 Å². The highest BCUT2D eigenvalue weighted by Gasteiger charge is 2.28. The second-order valence-electron chi connectivity index (χ2n) is 9.32. The molecule has 0 fully saturated rings. The summed E-state index contributed by atoms with van der Waals surface area (Å²) in [5, 5.41) is 15.3. The van der Waals surface area contributed by atoms with Gasteiger partial charge in [-0.1, -0.05) is 35.3 Å². The molecule has 0 saturated carbocycles. The van der Waals surface area contributed by atoms with E-state index < -0.39 is 0 Å². The van der Waals surface area contributed by atoms with Gasteiger partial charge in [0.25, 0.3) is 11.8 Å². The number of amides is 2. The molecule has 10 heteroatoms. The Morgan fingerprint density at radius 2 is 1.89 bits per heavy atom. The van der Waals surface area contributed by atoms with E-state index in [9.17, 15) is 9.59 Å². The molecule has 0 radical (unpaired) electrons. The monoisotopic (exact) mass is 548 g/mol. The quantitative estimate of drug-likeness (QED) is 0.311. The van der Waals surface area contributed by atoms with Crippen molar-refractivity contribution in [1.29, 1.82) is 0 Å². The molecule has 5 rings (SSSR count). The molecule has 1 aliphatic heterocycles. The SMILES string of the molecule is Cc1cc(NC(=O)c2ccccc2Cl)ccc1C(=O)N1CCCC(CCn2cnnn2)c2cc(Cl)ccc21. The molecule has 1 N–H and O–H groups in total. The van der Waals surface area contributed by atoms with Crippen LogP contribution in [0.2, 0.25) is 10.0 Å². The third-order valence-corrected chi connectivity index (χ3v) is 7.40. The van der Waals surface area contributed by atoms with Crippen molar-refractivity contribution in [2.45, 2.75) is 38.6 Å². The number of halogens is 2. The van der Waals surface area contributed by atoms with Gasteiger partial charge in [-0.2, -0.15) is 0 Å². The summed E-state index contributed by atoms with van der Waals surface area (Å²) in [4.78, 5) is 28.4. The zero-order chi connectivity index (χ0) is 26.6. The first-order valence-corrected chi connectivity index (χ1v) is 13.1. The number of carbonyl (C=O) groups excluding carboxylic acids is 2. The maximum absolute atomic E-state index is 13.8. The number of nitrogens with zero attached hydrogens (tertiary/aromatic N) is 5. The lowest BCUT2D eigenvalue weighted by atomic mass is 9.91. The van der Waals surface area contributed by atoms with Crippen molar-refractivity contribution in [3.05, 3.63) is 99.3 Å². The number of anilines is 2. The minimum atomic E-state index is -0.305. The molecule has 2 amide bonds. The van der Waals surface area contributed by atoms with E-state index in [2.05, 4.69) is 20.8 Å². The minimum absolute atomic E-state index is 0.0869. The average Bonchev–Trinajstić information content (AvgIpc) is 3.36. The van der Waals surface area contributed by atoms with Crippen LogP contribution in [0.5, 0.6) is 0 Å². The molecule has 38 heavy (non-hydrogen) atoms. The Hall–Kier alpha value is -3.75. The van der Waals surface area contributed by atoms with Crippen LogP contribution >= 0.6 is 23.2 Å². The van der Waals surface area contributed by atoms with Gasteiger partial charge >= 0.3 is 0 Å². The van der Waals surface area contributed by atoms with E-state index in [1.807, 2.05) is 30.0 Å². The first-order chi connectivity index (χ1) is 18.4. The molecule has 0 spiro atoms. The van der Waals surface area contributed by atoms with Crippen molar-refractivity contribution in [2.75, 3.05) is 16.8 Å². The maximum Gasteiger partial charge on any atom is 0.258 e. The van der Waals surface area contributed by atoms with Crippen molar-refractivity contribution >= 4 is 46.4 Å². The number of hydrogen-bond donors (Lipinski definition) is 1. The Morgan fingerprint density at radius 1 is 1.05 bits per heavy atom. The average molecular weight is 549 g/mol. The van der Waals surface area contributed by atoms with E-state index in [1.165, 1.54) is 0 Å². The highest BCUT2D eigenvalue weighted by atomic mass is 35.5. The number of rotatable bonds is 6. The van der Waals surface area contributed by atoms with E-state index in [0.29, 0.717) is 39.9 Å². The molecule has 4 aromatic rings. The summed E-state index contributed by atoms with van der Waals surface area (Å²) in [5.74, 6) is -0.175. The van der Waals surface area contributed by atoms with Crippen LogP contribution in [0.25, 0.3) is 0 Å². The number of tetrazole rings is 1. The van der Waals surface area contributed by atoms with E-state index in [4.69, 9.17) is 23.2 Å². The van der Waals surface area contributed by atoms with Gasteiger partial charge in [0.1, 0.15) is 6.33 Å². The number of carbonyl (C=O) groups is 2. The molecule has 1 unspecified atom stereocenters. The fourth-order valence-corrected chi connectivity index (χ4v) is 5.32. The number of benzene rings is 3. The third-order valence-electron chi connectivity index (χ3n) is 6.83. The topological polar surface area (TPSA) is 93.0 Å². The van der Waals surface area contributed by atoms with Gasteiger partial charge in [0.15, 0.2) is 0 Å². The summed E-state index contributed by atoms with van der Waals surface area (Å²) in [7, 11) is 0. The summed E-state index contributed by atoms with van der Waals surface area (Å²) < 4.78 is 1.72. The van der Waals surface area contributed by atoms with Crippen LogP contribution in [0, 0.1) is 6.92 Å². The van der Waals surface area contributed by atoms with Crippen molar-refractivity contribution in [2.24, 2.45) is 0 Å². The fourth-order valence-electron chi connectivity index (χ4n) is 4.92. The lowest BCUT2D eigenvalue weighted by molar-refractivity contribution is 0.0985. The number of nitrogens with one attached hydrogen (secondary N) is 1. The molecular formula is C28H26Cl2N6O2. The third kappa shape index (κ3) is 5.56. The van der Waals surface area contributed by atoms with Gasteiger partial charge in [-0.3, -0.25) is 9.59 Å².